The van der Waals surface area contributed by atoms with Crippen LogP contribution in [0.15, 0.2) is 0 Å². The van der Waals surface area contributed by atoms with Gasteiger partial charge in [-0.3, -0.25) is 0 Å². The van der Waals surface area contributed by atoms with Gasteiger partial charge in [-0.25, -0.2) is 0 Å². The first-order valence-corrected chi connectivity index (χ1v) is 7.70. The second-order valence-corrected chi connectivity index (χ2v) is 7.49. The highest BCUT2D eigenvalue weighted by atomic mass is 16.5. The first kappa shape index (κ1) is 11.7. The lowest BCUT2D eigenvalue weighted by Crippen LogP contribution is -2.59. The van der Waals surface area contributed by atoms with E-state index < -0.39 is 0 Å². The molecular formula is C15H25NO2. The third kappa shape index (κ3) is 1.75. The number of hydrogen-bond acceptors (Lipinski definition) is 3. The number of aliphatic hydroxyl groups is 1. The maximum Gasteiger partial charge on any atom is 0.0579 e. The molecule has 5 fully saturated rings. The molecule has 18 heavy (non-hydrogen) atoms. The lowest BCUT2D eigenvalue weighted by molar-refractivity contribution is -0.138. The summed E-state index contributed by atoms with van der Waals surface area (Å²) in [6.45, 7) is 2.71. The second kappa shape index (κ2) is 4.19. The van der Waals surface area contributed by atoms with Crippen molar-refractivity contribution in [2.75, 3.05) is 26.4 Å². The minimum Gasteiger partial charge on any atom is -0.396 e. The van der Waals surface area contributed by atoms with Crippen molar-refractivity contribution in [1.82, 2.24) is 5.32 Å². The summed E-state index contributed by atoms with van der Waals surface area (Å²) < 4.78 is 5.29. The highest BCUT2D eigenvalue weighted by Gasteiger charge is 2.49. The fourth-order valence-corrected chi connectivity index (χ4v) is 5.23. The van der Waals surface area contributed by atoms with Gasteiger partial charge in [0.25, 0.3) is 0 Å². The Balaban J connectivity index is 1.40. The van der Waals surface area contributed by atoms with E-state index in [-0.39, 0.29) is 12.0 Å². The summed E-state index contributed by atoms with van der Waals surface area (Å²) >= 11 is 0. The zero-order valence-corrected chi connectivity index (χ0v) is 11.1. The van der Waals surface area contributed by atoms with Crippen LogP contribution in [0.1, 0.15) is 32.1 Å². The molecule has 3 heteroatoms. The molecule has 1 aliphatic heterocycles. The van der Waals surface area contributed by atoms with Crippen LogP contribution in [-0.4, -0.2) is 37.5 Å². The van der Waals surface area contributed by atoms with Crippen LogP contribution in [0, 0.1) is 29.1 Å². The van der Waals surface area contributed by atoms with Crippen LogP contribution < -0.4 is 5.32 Å². The van der Waals surface area contributed by atoms with Gasteiger partial charge < -0.3 is 15.2 Å². The number of ether oxygens (including phenoxy) is 1. The van der Waals surface area contributed by atoms with E-state index in [9.17, 15) is 5.11 Å². The molecule has 102 valence electrons. The van der Waals surface area contributed by atoms with Gasteiger partial charge in [-0.05, 0) is 55.8 Å². The summed E-state index contributed by atoms with van der Waals surface area (Å²) in [5.74, 6) is 3.95. The minimum atomic E-state index is 0.0364. The summed E-state index contributed by atoms with van der Waals surface area (Å²) in [6.07, 6.45) is 7.38. The van der Waals surface area contributed by atoms with Gasteiger partial charge in [0, 0.05) is 12.6 Å². The van der Waals surface area contributed by atoms with Crippen molar-refractivity contribution in [1.29, 1.82) is 0 Å². The van der Waals surface area contributed by atoms with E-state index >= 15 is 0 Å². The van der Waals surface area contributed by atoms with E-state index in [2.05, 4.69) is 5.32 Å². The molecule has 0 aromatic rings. The summed E-state index contributed by atoms with van der Waals surface area (Å²) in [7, 11) is 0. The quantitative estimate of drug-likeness (QED) is 0.794. The van der Waals surface area contributed by atoms with Crippen LogP contribution >= 0.6 is 0 Å². The molecule has 0 radical (unpaired) electrons. The van der Waals surface area contributed by atoms with Crippen molar-refractivity contribution in [2.45, 2.75) is 38.1 Å². The van der Waals surface area contributed by atoms with E-state index in [4.69, 9.17) is 4.74 Å². The van der Waals surface area contributed by atoms with Crippen molar-refractivity contribution in [3.63, 3.8) is 0 Å². The van der Waals surface area contributed by atoms with E-state index in [1.165, 1.54) is 32.1 Å². The Morgan fingerprint density at radius 2 is 1.61 bits per heavy atom. The molecule has 4 saturated carbocycles. The summed E-state index contributed by atoms with van der Waals surface area (Å²) in [6, 6.07) is 0.738. The topological polar surface area (TPSA) is 41.5 Å². The smallest absolute Gasteiger partial charge is 0.0579 e. The molecule has 2 N–H and O–H groups in total. The van der Waals surface area contributed by atoms with Gasteiger partial charge in [0.05, 0.1) is 25.2 Å². The molecule has 0 amide bonds. The Morgan fingerprint density at radius 1 is 1.00 bits per heavy atom. The van der Waals surface area contributed by atoms with Crippen LogP contribution in [-0.2, 0) is 4.74 Å². The molecule has 1 heterocycles. The Labute approximate surface area is 109 Å². The minimum absolute atomic E-state index is 0.0364. The average molecular weight is 251 g/mol. The molecule has 0 aromatic carbocycles. The zero-order valence-electron chi connectivity index (χ0n) is 11.1. The molecule has 4 bridgehead atoms. The summed E-state index contributed by atoms with van der Waals surface area (Å²) in [5.41, 5.74) is 0.0364. The largest absolute Gasteiger partial charge is 0.396 e. The van der Waals surface area contributed by atoms with Crippen molar-refractivity contribution in [2.24, 2.45) is 29.1 Å². The van der Waals surface area contributed by atoms with E-state index in [1.807, 2.05) is 0 Å². The van der Waals surface area contributed by atoms with Crippen LogP contribution in [0.4, 0.5) is 0 Å². The molecule has 0 spiro atoms. The fourth-order valence-electron chi connectivity index (χ4n) is 5.23. The average Bonchev–Trinajstić information content (AvgIpc) is 2.30. The predicted molar refractivity (Wildman–Crippen MR) is 69.2 cm³/mol. The second-order valence-electron chi connectivity index (χ2n) is 7.49. The van der Waals surface area contributed by atoms with Crippen LogP contribution in [0.5, 0.6) is 0 Å². The van der Waals surface area contributed by atoms with Gasteiger partial charge in [-0.1, -0.05) is 0 Å². The number of rotatable bonds is 4. The standard InChI is InChI=1S/C15H25NO2/c17-7-15(8-18-9-15)6-16-14-12-2-10-1-11(4-12)5-13(14)3-10/h10-14,16-17H,1-9H2. The molecule has 1 saturated heterocycles. The van der Waals surface area contributed by atoms with E-state index in [0.717, 1.165) is 49.5 Å². The zero-order chi connectivity index (χ0) is 12.2. The van der Waals surface area contributed by atoms with Crippen molar-refractivity contribution < 1.29 is 9.84 Å². The highest BCUT2D eigenvalue weighted by molar-refractivity contribution is 5.02. The van der Waals surface area contributed by atoms with Gasteiger partial charge in [-0.15, -0.1) is 0 Å². The molecule has 4 aliphatic carbocycles. The molecule has 0 atom stereocenters. The van der Waals surface area contributed by atoms with Crippen LogP contribution in [0.2, 0.25) is 0 Å². The molecule has 3 nitrogen and oxygen atoms in total. The Bertz CT molecular complexity index is 293. The van der Waals surface area contributed by atoms with Gasteiger partial charge >= 0.3 is 0 Å². The molecule has 5 rings (SSSR count). The molecule has 0 unspecified atom stereocenters. The maximum atomic E-state index is 9.50. The third-order valence-electron chi connectivity index (χ3n) is 6.09. The van der Waals surface area contributed by atoms with Crippen LogP contribution in [0.25, 0.3) is 0 Å². The van der Waals surface area contributed by atoms with Gasteiger partial charge in [0.2, 0.25) is 0 Å². The van der Waals surface area contributed by atoms with Gasteiger partial charge in [0.15, 0.2) is 0 Å². The molecular weight excluding hydrogens is 226 g/mol. The highest BCUT2D eigenvalue weighted by Crippen LogP contribution is 2.53. The molecule has 0 aromatic heterocycles. The summed E-state index contributed by atoms with van der Waals surface area (Å²) in [4.78, 5) is 0. The van der Waals surface area contributed by atoms with Crippen molar-refractivity contribution in [3.05, 3.63) is 0 Å². The Kier molecular flexibility index (Phi) is 2.72. The van der Waals surface area contributed by atoms with Crippen molar-refractivity contribution in [3.8, 4) is 0 Å². The Morgan fingerprint density at radius 3 is 2.06 bits per heavy atom. The summed E-state index contributed by atoms with van der Waals surface area (Å²) in [5, 5.41) is 13.3. The number of hydrogen-bond donors (Lipinski definition) is 2. The monoisotopic (exact) mass is 251 g/mol. The lowest BCUT2D eigenvalue weighted by atomic mass is 9.54. The van der Waals surface area contributed by atoms with Crippen molar-refractivity contribution >= 4 is 0 Å². The number of aliphatic hydroxyl groups excluding tert-OH is 1. The van der Waals surface area contributed by atoms with Gasteiger partial charge in [0.1, 0.15) is 0 Å². The maximum absolute atomic E-state index is 9.50. The van der Waals surface area contributed by atoms with E-state index in [0.29, 0.717) is 0 Å². The lowest BCUT2D eigenvalue weighted by Gasteiger charge is -2.55. The number of nitrogens with one attached hydrogen (secondary N) is 1. The first-order valence-electron chi connectivity index (χ1n) is 7.70. The fraction of sp³-hybridized carbons (Fsp3) is 1.00. The third-order valence-corrected chi connectivity index (χ3v) is 6.09. The first-order chi connectivity index (χ1) is 8.78. The van der Waals surface area contributed by atoms with Crippen LogP contribution in [0.3, 0.4) is 0 Å². The Hall–Kier alpha value is -0.120. The van der Waals surface area contributed by atoms with Gasteiger partial charge in [-0.2, -0.15) is 0 Å². The SMILES string of the molecule is OCC1(CNC2C3CC4CC(C3)CC2C4)COC1. The predicted octanol–water partition coefficient (Wildman–Crippen LogP) is 1.41. The van der Waals surface area contributed by atoms with E-state index in [1.54, 1.807) is 0 Å². The normalized spacial score (nSPS) is 48.2. The molecule has 5 aliphatic rings.